The van der Waals surface area contributed by atoms with E-state index in [-0.39, 0.29) is 19.4 Å². The minimum Gasteiger partial charge on any atom is -0.494 e. The summed E-state index contributed by atoms with van der Waals surface area (Å²) in [5, 5.41) is 8.56. The number of carbonyl (C=O) groups is 3. The summed E-state index contributed by atoms with van der Waals surface area (Å²) >= 11 is 0. The Hall–Kier alpha value is -5.02. The highest BCUT2D eigenvalue weighted by Gasteiger charge is 2.28. The molecule has 44 heavy (non-hydrogen) atoms. The fourth-order valence-corrected chi connectivity index (χ4v) is 4.61. The van der Waals surface area contributed by atoms with Gasteiger partial charge in [-0.1, -0.05) is 66.7 Å². The van der Waals surface area contributed by atoms with Gasteiger partial charge in [0.25, 0.3) is 5.91 Å². The van der Waals surface area contributed by atoms with E-state index in [1.807, 2.05) is 43.3 Å². The van der Waals surface area contributed by atoms with Gasteiger partial charge in [-0.15, -0.1) is 0 Å². The monoisotopic (exact) mass is 596 g/mol. The number of rotatable bonds is 14. The summed E-state index contributed by atoms with van der Waals surface area (Å²) in [5.41, 5.74) is 9.37. The van der Waals surface area contributed by atoms with Gasteiger partial charge in [0.15, 0.2) is 0 Å². The van der Waals surface area contributed by atoms with Crippen molar-refractivity contribution >= 4 is 17.7 Å². The van der Waals surface area contributed by atoms with Crippen LogP contribution >= 0.6 is 0 Å². The van der Waals surface area contributed by atoms with Gasteiger partial charge in [0.2, 0.25) is 11.8 Å². The van der Waals surface area contributed by atoms with Crippen molar-refractivity contribution in [3.8, 4) is 5.75 Å². The first-order valence-electron chi connectivity index (χ1n) is 14.5. The average molecular weight is 597 g/mol. The van der Waals surface area contributed by atoms with Gasteiger partial charge in [-0.3, -0.25) is 14.4 Å². The van der Waals surface area contributed by atoms with Crippen LogP contribution in [0, 0.1) is 5.82 Å². The molecule has 0 aliphatic carbocycles. The number of benzene rings is 4. The molecule has 9 heteroatoms. The lowest BCUT2D eigenvalue weighted by Gasteiger charge is -2.24. The van der Waals surface area contributed by atoms with Gasteiger partial charge in [0.05, 0.1) is 6.61 Å². The maximum absolute atomic E-state index is 13.8. The highest BCUT2D eigenvalue weighted by atomic mass is 19.1. The van der Waals surface area contributed by atoms with Crippen molar-refractivity contribution in [2.45, 2.75) is 44.9 Å². The first kappa shape index (κ1) is 31.9. The fraction of sp³-hybridized carbons (Fsp3) is 0.229. The molecule has 5 N–H and O–H groups in total. The van der Waals surface area contributed by atoms with Crippen molar-refractivity contribution in [3.05, 3.63) is 137 Å². The highest BCUT2D eigenvalue weighted by molar-refractivity contribution is 5.98. The van der Waals surface area contributed by atoms with E-state index < -0.39 is 35.6 Å². The van der Waals surface area contributed by atoms with Crippen LogP contribution < -0.4 is 26.4 Å². The van der Waals surface area contributed by atoms with E-state index in [1.54, 1.807) is 54.6 Å². The Labute approximate surface area is 256 Å². The zero-order valence-electron chi connectivity index (χ0n) is 24.6. The second-order valence-electron chi connectivity index (χ2n) is 10.3. The molecule has 4 aromatic rings. The molecule has 0 saturated heterocycles. The molecule has 4 rings (SSSR count). The van der Waals surface area contributed by atoms with Crippen LogP contribution in [0.15, 0.2) is 103 Å². The summed E-state index contributed by atoms with van der Waals surface area (Å²) in [6, 6.07) is 27.2. The molecular weight excluding hydrogens is 559 g/mol. The second-order valence-corrected chi connectivity index (χ2v) is 10.3. The molecule has 0 bridgehead atoms. The number of ether oxygens (including phenoxy) is 1. The molecule has 0 saturated carbocycles. The van der Waals surface area contributed by atoms with Crippen LogP contribution in [0.3, 0.4) is 0 Å². The number of nitrogens with one attached hydrogen (secondary N) is 3. The molecule has 4 aromatic carbocycles. The molecular formula is C35H37FN4O4. The highest BCUT2D eigenvalue weighted by Crippen LogP contribution is 2.15. The Kier molecular flexibility index (Phi) is 11.6. The van der Waals surface area contributed by atoms with Crippen molar-refractivity contribution in [1.29, 1.82) is 0 Å². The zero-order chi connectivity index (χ0) is 31.3. The Morgan fingerprint density at radius 3 is 1.84 bits per heavy atom. The second kappa shape index (κ2) is 16.0. The van der Waals surface area contributed by atoms with E-state index in [9.17, 15) is 18.8 Å². The summed E-state index contributed by atoms with van der Waals surface area (Å²) in [6.45, 7) is 3.06. The van der Waals surface area contributed by atoms with Crippen molar-refractivity contribution in [1.82, 2.24) is 16.0 Å². The van der Waals surface area contributed by atoms with Crippen molar-refractivity contribution < 1.29 is 23.5 Å². The van der Waals surface area contributed by atoms with E-state index in [2.05, 4.69) is 16.0 Å². The van der Waals surface area contributed by atoms with E-state index in [0.717, 1.165) is 16.7 Å². The lowest BCUT2D eigenvalue weighted by atomic mass is 10.0. The third-order valence-corrected chi connectivity index (χ3v) is 7.04. The third-order valence-electron chi connectivity index (χ3n) is 7.04. The van der Waals surface area contributed by atoms with Crippen molar-refractivity contribution in [2.75, 3.05) is 6.61 Å². The standard InChI is InChI=1S/C35H37FN4O4/c1-2-44-30-18-14-25(15-19-30)21-32(39-33(41)28-6-4-3-5-7-28)35(43)40-31(20-24-12-16-29(36)17-13-24)34(42)38-23-27-10-8-26(22-37)9-11-27/h3-19,31-32H,2,20-23,37H2,1H3,(H,38,42)(H,39,41)(H,40,43)/t31-,32+/m0/s1. The van der Waals surface area contributed by atoms with Gasteiger partial charge in [-0.25, -0.2) is 4.39 Å². The minimum atomic E-state index is -0.993. The van der Waals surface area contributed by atoms with E-state index in [0.29, 0.717) is 30.0 Å². The lowest BCUT2D eigenvalue weighted by molar-refractivity contribution is -0.130. The predicted molar refractivity (Wildman–Crippen MR) is 167 cm³/mol. The van der Waals surface area contributed by atoms with E-state index in [1.165, 1.54) is 12.1 Å². The molecule has 228 valence electrons. The molecule has 0 heterocycles. The molecule has 0 spiro atoms. The molecule has 3 amide bonds. The summed E-state index contributed by atoms with van der Waals surface area (Å²) in [4.78, 5) is 40.3. The smallest absolute Gasteiger partial charge is 0.251 e. The molecule has 0 fully saturated rings. The minimum absolute atomic E-state index is 0.117. The average Bonchev–Trinajstić information content (AvgIpc) is 3.05. The van der Waals surface area contributed by atoms with Crippen molar-refractivity contribution in [3.63, 3.8) is 0 Å². The Morgan fingerprint density at radius 1 is 0.705 bits per heavy atom. The normalized spacial score (nSPS) is 12.1. The Bertz CT molecular complexity index is 1510. The first-order chi connectivity index (χ1) is 21.3. The summed E-state index contributed by atoms with van der Waals surface area (Å²) in [7, 11) is 0. The van der Waals surface area contributed by atoms with Gasteiger partial charge >= 0.3 is 0 Å². The van der Waals surface area contributed by atoms with Gasteiger partial charge in [0, 0.05) is 31.5 Å². The van der Waals surface area contributed by atoms with Crippen LogP contribution in [0.2, 0.25) is 0 Å². The molecule has 0 radical (unpaired) electrons. The Balaban J connectivity index is 1.54. The maximum atomic E-state index is 13.8. The molecule has 0 aromatic heterocycles. The predicted octanol–water partition coefficient (Wildman–Crippen LogP) is 4.07. The molecule has 0 aliphatic heterocycles. The van der Waals surface area contributed by atoms with Gasteiger partial charge in [-0.05, 0) is 65.6 Å². The van der Waals surface area contributed by atoms with Crippen LogP contribution in [0.5, 0.6) is 5.75 Å². The molecule has 0 unspecified atom stereocenters. The summed E-state index contributed by atoms with van der Waals surface area (Å²) in [5.74, 6) is -1.08. The number of hydrogen-bond donors (Lipinski definition) is 4. The zero-order valence-corrected chi connectivity index (χ0v) is 24.6. The van der Waals surface area contributed by atoms with Gasteiger partial charge in [-0.2, -0.15) is 0 Å². The molecule has 0 aliphatic rings. The number of nitrogens with two attached hydrogens (primary N) is 1. The fourth-order valence-electron chi connectivity index (χ4n) is 4.61. The van der Waals surface area contributed by atoms with Gasteiger partial charge in [0.1, 0.15) is 23.7 Å². The summed E-state index contributed by atoms with van der Waals surface area (Å²) < 4.78 is 19.1. The van der Waals surface area contributed by atoms with Crippen LogP contribution in [0.25, 0.3) is 0 Å². The van der Waals surface area contributed by atoms with Crippen LogP contribution in [-0.2, 0) is 35.5 Å². The number of halogens is 1. The van der Waals surface area contributed by atoms with Crippen LogP contribution in [0.4, 0.5) is 4.39 Å². The summed E-state index contributed by atoms with van der Waals surface area (Å²) in [6.07, 6.45) is 0.293. The largest absolute Gasteiger partial charge is 0.494 e. The van der Waals surface area contributed by atoms with Crippen molar-refractivity contribution in [2.24, 2.45) is 5.73 Å². The number of carbonyl (C=O) groups excluding carboxylic acids is 3. The number of hydrogen-bond acceptors (Lipinski definition) is 5. The lowest BCUT2D eigenvalue weighted by Crippen LogP contribution is -2.55. The maximum Gasteiger partial charge on any atom is 0.251 e. The number of amides is 3. The SMILES string of the molecule is CCOc1ccc(C[C@@H](NC(=O)c2ccccc2)C(=O)N[C@@H](Cc2ccc(F)cc2)C(=O)NCc2ccc(CN)cc2)cc1. The van der Waals surface area contributed by atoms with Crippen LogP contribution in [-0.4, -0.2) is 36.4 Å². The quantitative estimate of drug-likeness (QED) is 0.175. The molecule has 2 atom stereocenters. The van der Waals surface area contributed by atoms with Crippen LogP contribution in [0.1, 0.15) is 39.5 Å². The third kappa shape index (κ3) is 9.50. The molecule has 8 nitrogen and oxygen atoms in total. The topological polar surface area (TPSA) is 123 Å². The van der Waals surface area contributed by atoms with Gasteiger partial charge < -0.3 is 26.4 Å². The first-order valence-corrected chi connectivity index (χ1v) is 14.5. The van der Waals surface area contributed by atoms with E-state index in [4.69, 9.17) is 10.5 Å². The Morgan fingerprint density at radius 2 is 1.25 bits per heavy atom. The van der Waals surface area contributed by atoms with E-state index >= 15 is 0 Å².